The van der Waals surface area contributed by atoms with Crippen LogP contribution >= 0.6 is 23.2 Å². The zero-order chi connectivity index (χ0) is 38.2. The molecule has 3 aromatic rings. The first-order valence-corrected chi connectivity index (χ1v) is 21.8. The van der Waals surface area contributed by atoms with Gasteiger partial charge in [0.1, 0.15) is 22.7 Å². The van der Waals surface area contributed by atoms with Gasteiger partial charge in [-0.1, -0.05) is 47.5 Å². The molecule has 0 spiro atoms. The van der Waals surface area contributed by atoms with Crippen molar-refractivity contribution < 1.29 is 26.4 Å². The number of nitrogens with one attached hydrogen (secondary N) is 1. The van der Waals surface area contributed by atoms with E-state index in [9.17, 15) is 16.8 Å². The summed E-state index contributed by atoms with van der Waals surface area (Å²) in [5.74, 6) is 0.629. The quantitative estimate of drug-likeness (QED) is 0.276. The van der Waals surface area contributed by atoms with Gasteiger partial charge in [0.15, 0.2) is 0 Å². The first-order chi connectivity index (χ1) is 25.1. The third-order valence-corrected chi connectivity index (χ3v) is 13.7. The van der Waals surface area contributed by atoms with Crippen LogP contribution in [0.3, 0.4) is 0 Å². The number of rotatable bonds is 11. The van der Waals surface area contributed by atoms with Crippen LogP contribution in [0.2, 0.25) is 10.0 Å². The Morgan fingerprint density at radius 3 is 2.00 bits per heavy atom. The minimum Gasteiger partial charge on any atom is -0.493 e. The highest BCUT2D eigenvalue weighted by molar-refractivity contribution is 7.89. The van der Waals surface area contributed by atoms with E-state index >= 15 is 4.79 Å². The van der Waals surface area contributed by atoms with Crippen LogP contribution in [0, 0.1) is 0 Å². The Bertz CT molecular complexity index is 2070. The number of nitrogens with zero attached hydrogens (tertiary/aromatic N) is 5. The predicted molar refractivity (Wildman–Crippen MR) is 208 cm³/mol. The lowest BCUT2D eigenvalue weighted by Gasteiger charge is -2.47. The monoisotopic (exact) mass is 804 g/mol. The molecule has 3 heterocycles. The van der Waals surface area contributed by atoms with E-state index in [-0.39, 0.29) is 24.1 Å². The Morgan fingerprint density at radius 2 is 1.43 bits per heavy atom. The molecule has 16 heteroatoms. The summed E-state index contributed by atoms with van der Waals surface area (Å²) in [6.45, 7) is 9.60. The molecule has 2 fully saturated rings. The normalized spacial score (nSPS) is 23.0. The highest BCUT2D eigenvalue weighted by atomic mass is 35.5. The topological polar surface area (TPSA) is 132 Å². The van der Waals surface area contributed by atoms with Crippen LogP contribution in [0.25, 0.3) is 0 Å². The molecule has 0 radical (unpaired) electrons. The molecule has 0 saturated carbocycles. The summed E-state index contributed by atoms with van der Waals surface area (Å²) in [6, 6.07) is 19.3. The number of sulfonamides is 2. The molecule has 53 heavy (non-hydrogen) atoms. The van der Waals surface area contributed by atoms with Gasteiger partial charge in [-0.05, 0) is 81.1 Å². The van der Waals surface area contributed by atoms with Crippen LogP contribution in [0.4, 0.5) is 4.79 Å². The van der Waals surface area contributed by atoms with Gasteiger partial charge in [-0.25, -0.2) is 26.4 Å². The van der Waals surface area contributed by atoms with Crippen molar-refractivity contribution in [3.63, 3.8) is 0 Å². The molecule has 0 aliphatic carbocycles. The van der Waals surface area contributed by atoms with Crippen molar-refractivity contribution in [2.75, 3.05) is 65.2 Å². The average molecular weight is 806 g/mol. The van der Waals surface area contributed by atoms with Crippen molar-refractivity contribution >= 4 is 55.1 Å². The van der Waals surface area contributed by atoms with E-state index in [1.807, 2.05) is 45.0 Å². The van der Waals surface area contributed by atoms with Crippen molar-refractivity contribution in [3.8, 4) is 5.75 Å². The summed E-state index contributed by atoms with van der Waals surface area (Å²) in [7, 11) is -7.09. The molecular weight excluding hydrogens is 759 g/mol. The van der Waals surface area contributed by atoms with E-state index in [1.165, 1.54) is 4.31 Å². The molecule has 3 aliphatic heterocycles. The van der Waals surface area contributed by atoms with E-state index < -0.39 is 31.1 Å². The van der Waals surface area contributed by atoms with Gasteiger partial charge in [-0.15, -0.1) is 0 Å². The number of ether oxygens (including phenoxy) is 1. The number of piperazine rings is 1. The van der Waals surface area contributed by atoms with E-state index in [1.54, 1.807) is 52.3 Å². The zero-order valence-electron chi connectivity index (χ0n) is 30.4. The Kier molecular flexibility index (Phi) is 11.5. The highest BCUT2D eigenvalue weighted by Crippen LogP contribution is 2.54. The Labute approximate surface area is 322 Å². The lowest BCUT2D eigenvalue weighted by atomic mass is 9.71. The first-order valence-electron chi connectivity index (χ1n) is 17.7. The van der Waals surface area contributed by atoms with Gasteiger partial charge < -0.3 is 9.64 Å². The second-order valence-electron chi connectivity index (χ2n) is 13.9. The molecule has 12 nitrogen and oxygen atoms in total. The third-order valence-electron chi connectivity index (χ3n) is 10.6. The van der Waals surface area contributed by atoms with Gasteiger partial charge in [-0.3, -0.25) is 14.8 Å². The molecule has 6 rings (SSSR count). The number of hydrogen-bond acceptors (Lipinski definition) is 8. The minimum atomic E-state index is -3.77. The fourth-order valence-corrected chi connectivity index (χ4v) is 9.71. The number of halogens is 2. The SMILES string of the molecule is CCOc1cc(S(=O)(=O)N2CCCC2)ccc1C1=N[C@@](C)(c2ccc(Cl)cc2)[C@@](C)(c2ccc(Cl)cc2)N1C(=O)N1CCN(CCNS(C)(=O)=O)CC1. The molecule has 3 aromatic carbocycles. The van der Waals surface area contributed by atoms with E-state index in [4.69, 9.17) is 32.9 Å². The van der Waals surface area contributed by atoms with Gasteiger partial charge in [0.05, 0.1) is 23.3 Å². The third kappa shape index (κ3) is 7.82. The minimum absolute atomic E-state index is 0.116. The number of aliphatic imine (C=N–C) groups is 1. The van der Waals surface area contributed by atoms with Gasteiger partial charge in [0, 0.05) is 68.5 Å². The summed E-state index contributed by atoms with van der Waals surface area (Å²) >= 11 is 12.8. The van der Waals surface area contributed by atoms with E-state index in [0.29, 0.717) is 73.0 Å². The van der Waals surface area contributed by atoms with Crippen molar-refractivity contribution in [2.45, 2.75) is 49.6 Å². The zero-order valence-corrected chi connectivity index (χ0v) is 33.5. The average Bonchev–Trinajstić information content (AvgIpc) is 3.75. The first kappa shape index (κ1) is 39.5. The second-order valence-corrected chi connectivity index (χ2v) is 18.6. The molecule has 0 bridgehead atoms. The molecule has 0 unspecified atom stereocenters. The van der Waals surface area contributed by atoms with Crippen LogP contribution < -0.4 is 9.46 Å². The number of carbonyl (C=O) groups is 1. The van der Waals surface area contributed by atoms with Gasteiger partial charge in [0.25, 0.3) is 0 Å². The summed E-state index contributed by atoms with van der Waals surface area (Å²) < 4.78 is 60.8. The molecular formula is C37H46Cl2N6O6S2. The number of urea groups is 1. The molecule has 2 atom stereocenters. The van der Waals surface area contributed by atoms with Gasteiger partial charge >= 0.3 is 6.03 Å². The maximum atomic E-state index is 15.2. The number of hydrogen-bond donors (Lipinski definition) is 1. The molecule has 1 N–H and O–H groups in total. The maximum absolute atomic E-state index is 15.2. The number of benzene rings is 3. The fraction of sp³-hybridized carbons (Fsp3) is 0.459. The fourth-order valence-electron chi connectivity index (χ4n) is 7.46. The summed E-state index contributed by atoms with van der Waals surface area (Å²) in [5, 5.41) is 1.09. The Hall–Kier alpha value is -3.24. The van der Waals surface area contributed by atoms with Crippen LogP contribution in [0.5, 0.6) is 5.75 Å². The molecule has 286 valence electrons. The molecule has 0 aromatic heterocycles. The standard InChI is InChI=1S/C37H46Cl2N6O6S2/c1-5-51-33-26-31(53(49,50)44-19-6-7-20-44)16-17-32(33)34-41-36(2,27-8-12-29(38)13-9-27)37(3,28-10-14-30(39)15-11-28)45(34)35(46)43-24-22-42(23-25-43)21-18-40-52(4,47)48/h8-17,26,40H,5-7,18-25H2,1-4H3/t36-,37+/m0/s1. The van der Waals surface area contributed by atoms with Gasteiger partial charge in [0.2, 0.25) is 20.0 Å². The number of amidine groups is 1. The van der Waals surface area contributed by atoms with Crippen molar-refractivity contribution in [1.82, 2.24) is 23.7 Å². The van der Waals surface area contributed by atoms with Crippen LogP contribution in [0.1, 0.15) is 50.3 Å². The van der Waals surface area contributed by atoms with Gasteiger partial charge in [-0.2, -0.15) is 4.31 Å². The maximum Gasteiger partial charge on any atom is 0.326 e. The predicted octanol–water partition coefficient (Wildman–Crippen LogP) is 5.36. The van der Waals surface area contributed by atoms with Crippen LogP contribution in [0.15, 0.2) is 76.6 Å². The van der Waals surface area contributed by atoms with Crippen LogP contribution in [-0.2, 0) is 31.1 Å². The molecule has 3 aliphatic rings. The van der Waals surface area contributed by atoms with Crippen molar-refractivity contribution in [1.29, 1.82) is 0 Å². The second kappa shape index (κ2) is 15.5. The largest absolute Gasteiger partial charge is 0.493 e. The van der Waals surface area contributed by atoms with Crippen molar-refractivity contribution in [3.05, 3.63) is 93.5 Å². The lowest BCUT2D eigenvalue weighted by Crippen LogP contribution is -2.61. The molecule has 2 saturated heterocycles. The summed E-state index contributed by atoms with van der Waals surface area (Å²) in [4.78, 5) is 26.4. The smallest absolute Gasteiger partial charge is 0.326 e. The van der Waals surface area contributed by atoms with Crippen molar-refractivity contribution in [2.24, 2.45) is 4.99 Å². The van der Waals surface area contributed by atoms with Crippen LogP contribution in [-0.4, -0.2) is 113 Å². The molecule has 2 amide bonds. The summed E-state index contributed by atoms with van der Waals surface area (Å²) in [6.07, 6.45) is 2.75. The summed E-state index contributed by atoms with van der Waals surface area (Å²) in [5.41, 5.74) is -0.161. The number of amides is 2. The van der Waals surface area contributed by atoms with E-state index in [2.05, 4.69) is 9.62 Å². The highest BCUT2D eigenvalue weighted by Gasteiger charge is 2.60. The Morgan fingerprint density at radius 1 is 0.849 bits per heavy atom. The lowest BCUT2D eigenvalue weighted by molar-refractivity contribution is 0.0872. The number of carbonyl (C=O) groups excluding carboxylic acids is 1. The van der Waals surface area contributed by atoms with E-state index in [0.717, 1.165) is 30.2 Å². The Balaban J connectivity index is 1.48.